The molecule has 0 saturated carbocycles. The molecule has 1 unspecified atom stereocenters. The second-order valence-corrected chi connectivity index (χ2v) is 11.8. The van der Waals surface area contributed by atoms with Gasteiger partial charge in [-0.25, -0.2) is 4.68 Å². The summed E-state index contributed by atoms with van der Waals surface area (Å²) in [5.74, 6) is -1.02. The molecule has 0 radical (unpaired) electrons. The summed E-state index contributed by atoms with van der Waals surface area (Å²) in [6.07, 6.45) is -2.11. The highest BCUT2D eigenvalue weighted by Gasteiger charge is 2.46. The SMILES string of the molecule is CCc1cn(-c2ccc(Br)cc2[C@@H](Oc2cc(N3CCC4(CC3)CNC(C(=O)O)C4)nc(N)n2)C(F)(F)F)nc1CC. The van der Waals surface area contributed by atoms with Crippen LogP contribution in [-0.2, 0) is 17.6 Å². The van der Waals surface area contributed by atoms with Gasteiger partial charge >= 0.3 is 12.1 Å². The number of hydrogen-bond donors (Lipinski definition) is 3. The van der Waals surface area contributed by atoms with Gasteiger partial charge in [-0.1, -0.05) is 29.8 Å². The number of carboxylic acid groups (broad SMARTS) is 1. The maximum atomic E-state index is 14.6. The van der Waals surface area contributed by atoms with E-state index in [4.69, 9.17) is 10.5 Å². The Kier molecular flexibility index (Phi) is 8.39. The molecule has 2 aromatic heterocycles. The molecule has 42 heavy (non-hydrogen) atoms. The number of benzene rings is 1. The van der Waals surface area contributed by atoms with Crippen molar-refractivity contribution in [3.8, 4) is 11.6 Å². The van der Waals surface area contributed by atoms with Gasteiger partial charge in [0.05, 0.1) is 11.4 Å². The summed E-state index contributed by atoms with van der Waals surface area (Å²) in [6, 6.07) is 5.41. The molecular weight excluding hydrogens is 619 g/mol. The standard InChI is InChI=1S/C28H33BrF3N7O3/c1-3-16-14-39(37-19(16)4-2)21-6-5-17(29)11-18(21)24(28(30,31)32)42-23-12-22(35-26(33)36-23)38-9-7-27(8-10-38)13-20(25(40)41)34-15-27/h5-6,11-12,14,20,24,34H,3-4,7-10,13,15H2,1-2H3,(H,40,41)(H2,33,35,36)/t20?,24-/m1/s1. The van der Waals surface area contributed by atoms with Crippen LogP contribution in [-0.4, -0.2) is 62.7 Å². The van der Waals surface area contributed by atoms with Gasteiger partial charge in [0, 0.05) is 41.9 Å². The summed E-state index contributed by atoms with van der Waals surface area (Å²) >= 11 is 3.31. The second kappa shape index (κ2) is 11.7. The molecule has 226 valence electrons. The van der Waals surface area contributed by atoms with E-state index in [0.29, 0.717) is 62.0 Å². The van der Waals surface area contributed by atoms with Crippen molar-refractivity contribution in [2.45, 2.75) is 64.3 Å². The molecule has 5 rings (SSSR count). The monoisotopic (exact) mass is 651 g/mol. The number of halogens is 4. The van der Waals surface area contributed by atoms with Gasteiger partial charge in [0.1, 0.15) is 11.9 Å². The van der Waals surface area contributed by atoms with Gasteiger partial charge in [-0.3, -0.25) is 4.79 Å². The predicted molar refractivity (Wildman–Crippen MR) is 154 cm³/mol. The van der Waals surface area contributed by atoms with Crippen LogP contribution >= 0.6 is 15.9 Å². The van der Waals surface area contributed by atoms with Crippen molar-refractivity contribution in [1.29, 1.82) is 0 Å². The van der Waals surface area contributed by atoms with E-state index in [1.165, 1.54) is 16.8 Å². The van der Waals surface area contributed by atoms with Gasteiger partial charge in [-0.15, -0.1) is 0 Å². The number of anilines is 2. The highest BCUT2D eigenvalue weighted by molar-refractivity contribution is 9.10. The molecular formula is C28H33BrF3N7O3. The van der Waals surface area contributed by atoms with Gasteiger partial charge < -0.3 is 25.8 Å². The van der Waals surface area contributed by atoms with E-state index in [9.17, 15) is 23.1 Å². The van der Waals surface area contributed by atoms with Crippen LogP contribution in [0.15, 0.2) is 34.9 Å². The minimum absolute atomic E-state index is 0.134. The molecule has 1 aromatic carbocycles. The lowest BCUT2D eigenvalue weighted by atomic mass is 9.76. The minimum Gasteiger partial charge on any atom is -0.480 e. The van der Waals surface area contributed by atoms with Crippen molar-refractivity contribution in [1.82, 2.24) is 25.1 Å². The average molecular weight is 653 g/mol. The molecule has 1 spiro atoms. The second-order valence-electron chi connectivity index (χ2n) is 10.9. The number of carboxylic acids is 1. The van der Waals surface area contributed by atoms with Gasteiger partial charge in [-0.05, 0) is 61.3 Å². The number of ether oxygens (including phenoxy) is 1. The zero-order chi connectivity index (χ0) is 30.2. The number of rotatable bonds is 8. The largest absolute Gasteiger partial charge is 0.480 e. The molecule has 2 atom stereocenters. The van der Waals surface area contributed by atoms with Crippen LogP contribution in [0.2, 0.25) is 0 Å². The molecule has 3 aromatic rings. The number of aryl methyl sites for hydroxylation is 2. The van der Waals surface area contributed by atoms with E-state index in [1.54, 1.807) is 18.3 Å². The smallest absolute Gasteiger partial charge is 0.429 e. The molecule has 0 amide bonds. The van der Waals surface area contributed by atoms with E-state index in [0.717, 1.165) is 11.3 Å². The third-order valence-corrected chi connectivity index (χ3v) is 8.65. The first-order valence-electron chi connectivity index (χ1n) is 13.9. The number of aliphatic carboxylic acids is 1. The quantitative estimate of drug-likeness (QED) is 0.313. The summed E-state index contributed by atoms with van der Waals surface area (Å²) in [5.41, 5.74) is 7.68. The molecule has 2 saturated heterocycles. The van der Waals surface area contributed by atoms with E-state index < -0.39 is 24.3 Å². The third-order valence-electron chi connectivity index (χ3n) is 8.16. The van der Waals surface area contributed by atoms with Crippen molar-refractivity contribution in [2.75, 3.05) is 30.3 Å². The lowest BCUT2D eigenvalue weighted by molar-refractivity contribution is -0.198. The number of alkyl halides is 3. The first-order valence-corrected chi connectivity index (χ1v) is 14.7. The van der Waals surface area contributed by atoms with Crippen LogP contribution in [0.25, 0.3) is 5.69 Å². The van der Waals surface area contributed by atoms with Crippen molar-refractivity contribution in [3.63, 3.8) is 0 Å². The van der Waals surface area contributed by atoms with Gasteiger partial charge in [0.25, 0.3) is 0 Å². The molecule has 0 bridgehead atoms. The molecule has 4 N–H and O–H groups in total. The van der Waals surface area contributed by atoms with E-state index in [-0.39, 0.29) is 28.5 Å². The zero-order valence-corrected chi connectivity index (χ0v) is 24.9. The Morgan fingerprint density at radius 1 is 1.24 bits per heavy atom. The van der Waals surface area contributed by atoms with Gasteiger partial charge in [0.2, 0.25) is 17.9 Å². The Balaban J connectivity index is 1.43. The Morgan fingerprint density at radius 3 is 2.57 bits per heavy atom. The molecule has 2 aliphatic heterocycles. The van der Waals surface area contributed by atoms with Crippen molar-refractivity contribution in [2.24, 2.45) is 5.41 Å². The van der Waals surface area contributed by atoms with Crippen LogP contribution in [0.1, 0.15) is 56.0 Å². The van der Waals surface area contributed by atoms with Crippen molar-refractivity contribution >= 4 is 33.7 Å². The molecule has 10 nitrogen and oxygen atoms in total. The Bertz CT molecular complexity index is 1440. The number of piperidine rings is 1. The van der Waals surface area contributed by atoms with Crippen LogP contribution < -0.4 is 20.7 Å². The highest BCUT2D eigenvalue weighted by Crippen LogP contribution is 2.42. The summed E-state index contributed by atoms with van der Waals surface area (Å²) in [7, 11) is 0. The first kappa shape index (κ1) is 30.1. The summed E-state index contributed by atoms with van der Waals surface area (Å²) in [6.45, 7) is 5.62. The minimum atomic E-state index is -4.79. The van der Waals surface area contributed by atoms with E-state index >= 15 is 0 Å². The summed E-state index contributed by atoms with van der Waals surface area (Å²) < 4.78 is 51.5. The maximum absolute atomic E-state index is 14.6. The number of hydrogen-bond acceptors (Lipinski definition) is 8. The highest BCUT2D eigenvalue weighted by atomic mass is 79.9. The van der Waals surface area contributed by atoms with Crippen molar-refractivity contribution < 1.29 is 27.8 Å². The van der Waals surface area contributed by atoms with Gasteiger partial charge in [0.15, 0.2) is 0 Å². The summed E-state index contributed by atoms with van der Waals surface area (Å²) in [4.78, 5) is 21.6. The van der Waals surface area contributed by atoms with E-state index in [1.807, 2.05) is 18.7 Å². The van der Waals surface area contributed by atoms with Crippen LogP contribution in [0.4, 0.5) is 24.9 Å². The molecule has 2 aliphatic rings. The molecule has 4 heterocycles. The average Bonchev–Trinajstić information content (AvgIpc) is 3.55. The Hall–Kier alpha value is -3.39. The van der Waals surface area contributed by atoms with Crippen molar-refractivity contribution in [3.05, 3.63) is 51.8 Å². The Morgan fingerprint density at radius 2 is 1.98 bits per heavy atom. The van der Waals surface area contributed by atoms with Crippen LogP contribution in [0, 0.1) is 5.41 Å². The fourth-order valence-electron chi connectivity index (χ4n) is 5.87. The molecule has 14 heteroatoms. The number of nitrogens with two attached hydrogens (primary N) is 1. The topological polar surface area (TPSA) is 131 Å². The third kappa shape index (κ3) is 6.19. The van der Waals surface area contributed by atoms with Crippen LogP contribution in [0.5, 0.6) is 5.88 Å². The number of aromatic nitrogens is 4. The summed E-state index contributed by atoms with van der Waals surface area (Å²) in [5, 5.41) is 17.0. The normalized spacial score (nSPS) is 19.3. The van der Waals surface area contributed by atoms with Gasteiger partial charge in [-0.2, -0.15) is 28.2 Å². The number of nitrogen functional groups attached to an aromatic ring is 1. The lowest BCUT2D eigenvalue weighted by Gasteiger charge is -2.39. The zero-order valence-electron chi connectivity index (χ0n) is 23.3. The van der Waals surface area contributed by atoms with Crippen LogP contribution in [0.3, 0.4) is 0 Å². The fraction of sp³-hybridized carbons (Fsp3) is 0.500. The number of nitrogens with zero attached hydrogens (tertiary/aromatic N) is 5. The number of carbonyl (C=O) groups is 1. The lowest BCUT2D eigenvalue weighted by Crippen LogP contribution is -2.41. The fourth-order valence-corrected chi connectivity index (χ4v) is 6.25. The number of nitrogens with one attached hydrogen (secondary N) is 1. The molecule has 2 fully saturated rings. The van der Waals surface area contributed by atoms with E-state index in [2.05, 4.69) is 36.3 Å². The predicted octanol–water partition coefficient (Wildman–Crippen LogP) is 4.85. The molecule has 0 aliphatic carbocycles. The maximum Gasteiger partial charge on any atom is 0.429 e. The Labute approximate surface area is 249 Å². The first-order chi connectivity index (χ1) is 19.9.